The van der Waals surface area contributed by atoms with Crippen LogP contribution < -0.4 is 15.8 Å². The van der Waals surface area contributed by atoms with E-state index < -0.39 is 0 Å². The van der Waals surface area contributed by atoms with Gasteiger partial charge in [-0.1, -0.05) is 18.2 Å². The van der Waals surface area contributed by atoms with Crippen molar-refractivity contribution in [3.8, 4) is 5.75 Å². The van der Waals surface area contributed by atoms with Crippen LogP contribution in [0.15, 0.2) is 48.2 Å². The van der Waals surface area contributed by atoms with Gasteiger partial charge in [-0.05, 0) is 24.3 Å². The van der Waals surface area contributed by atoms with Crippen LogP contribution in [0.1, 0.15) is 0 Å². The second-order valence-corrected chi connectivity index (χ2v) is 3.77. The third-order valence-electron chi connectivity index (χ3n) is 2.68. The number of benzene rings is 1. The third-order valence-corrected chi connectivity index (χ3v) is 2.68. The monoisotopic (exact) mass is 200 g/mol. The predicted octanol–water partition coefficient (Wildman–Crippen LogP) is 1.64. The van der Waals surface area contributed by atoms with Crippen molar-refractivity contribution in [2.45, 2.75) is 12.1 Å². The molecule has 76 valence electrons. The Hall–Kier alpha value is -1.90. The molecule has 1 aliphatic heterocycles. The van der Waals surface area contributed by atoms with Gasteiger partial charge in [-0.2, -0.15) is 0 Å². The molecular formula is C12H12N2O. The molecule has 2 unspecified atom stereocenters. The Labute approximate surface area is 88.2 Å². The van der Waals surface area contributed by atoms with Crippen molar-refractivity contribution in [1.82, 2.24) is 0 Å². The quantitative estimate of drug-likeness (QED) is 0.669. The number of rotatable bonds is 0. The lowest BCUT2D eigenvalue weighted by Gasteiger charge is -2.33. The number of allylic oxidation sites excluding steroid dienone is 1. The molecule has 3 nitrogen and oxygen atoms in total. The molecule has 0 saturated carbocycles. The molecule has 1 heterocycles. The maximum atomic E-state index is 5.84. The van der Waals surface area contributed by atoms with Crippen LogP contribution in [0.5, 0.6) is 5.75 Å². The summed E-state index contributed by atoms with van der Waals surface area (Å²) in [6, 6.07) is 8.12. The Bertz CT molecular complexity index is 451. The van der Waals surface area contributed by atoms with Gasteiger partial charge in [0.15, 0.2) is 0 Å². The SMILES string of the molecule is NC1=CC2Oc3ccccc3NC2C=C1. The molecule has 2 aliphatic rings. The standard InChI is InChI=1S/C12H12N2O/c13-8-5-6-10-12(7-8)15-11-4-2-1-3-9(11)14-10/h1-7,10,12,14H,13H2. The van der Waals surface area contributed by atoms with Crippen molar-refractivity contribution >= 4 is 5.69 Å². The lowest BCUT2D eigenvalue weighted by Crippen LogP contribution is -2.40. The molecule has 1 aromatic carbocycles. The molecule has 0 spiro atoms. The van der Waals surface area contributed by atoms with Crippen molar-refractivity contribution in [1.29, 1.82) is 0 Å². The number of hydrogen-bond donors (Lipinski definition) is 2. The maximum Gasteiger partial charge on any atom is 0.143 e. The van der Waals surface area contributed by atoms with Gasteiger partial charge >= 0.3 is 0 Å². The Morgan fingerprint density at radius 3 is 3.07 bits per heavy atom. The molecule has 3 N–H and O–H groups in total. The van der Waals surface area contributed by atoms with E-state index in [2.05, 4.69) is 5.32 Å². The molecule has 0 bridgehead atoms. The van der Waals surface area contributed by atoms with E-state index in [0.717, 1.165) is 17.1 Å². The third kappa shape index (κ3) is 1.36. The predicted molar refractivity (Wildman–Crippen MR) is 59.7 cm³/mol. The average molecular weight is 200 g/mol. The molecule has 1 aromatic rings. The molecule has 2 atom stereocenters. The Balaban J connectivity index is 1.98. The zero-order valence-electron chi connectivity index (χ0n) is 8.18. The Morgan fingerprint density at radius 2 is 2.13 bits per heavy atom. The van der Waals surface area contributed by atoms with E-state index in [9.17, 15) is 0 Å². The Kier molecular flexibility index (Phi) is 1.71. The Morgan fingerprint density at radius 1 is 1.27 bits per heavy atom. The van der Waals surface area contributed by atoms with E-state index in [-0.39, 0.29) is 12.1 Å². The zero-order valence-corrected chi connectivity index (χ0v) is 8.18. The fourth-order valence-electron chi connectivity index (χ4n) is 1.93. The van der Waals surface area contributed by atoms with Crippen LogP contribution in [0, 0.1) is 0 Å². The van der Waals surface area contributed by atoms with Gasteiger partial charge in [0.2, 0.25) is 0 Å². The molecule has 0 amide bonds. The minimum absolute atomic E-state index is 0.00454. The second kappa shape index (κ2) is 3.05. The minimum atomic E-state index is 0.00454. The van der Waals surface area contributed by atoms with Crippen LogP contribution in [0.25, 0.3) is 0 Å². The molecule has 0 saturated heterocycles. The van der Waals surface area contributed by atoms with Gasteiger partial charge in [-0.15, -0.1) is 0 Å². The summed E-state index contributed by atoms with van der Waals surface area (Å²) in [5.74, 6) is 0.887. The summed E-state index contributed by atoms with van der Waals surface area (Å²) < 4.78 is 5.84. The van der Waals surface area contributed by atoms with Crippen LogP contribution in [0.4, 0.5) is 5.69 Å². The van der Waals surface area contributed by atoms with Crippen molar-refractivity contribution in [3.05, 3.63) is 48.2 Å². The first kappa shape index (κ1) is 8.41. The van der Waals surface area contributed by atoms with Crippen molar-refractivity contribution < 1.29 is 4.74 Å². The van der Waals surface area contributed by atoms with Gasteiger partial charge in [0.05, 0.1) is 11.7 Å². The molecular weight excluding hydrogens is 188 g/mol. The van der Waals surface area contributed by atoms with Gasteiger partial charge in [0, 0.05) is 5.70 Å². The number of para-hydroxylation sites is 2. The number of ether oxygens (including phenoxy) is 1. The highest BCUT2D eigenvalue weighted by molar-refractivity contribution is 5.60. The topological polar surface area (TPSA) is 47.3 Å². The fourth-order valence-corrected chi connectivity index (χ4v) is 1.93. The molecule has 1 aliphatic carbocycles. The molecule has 0 fully saturated rings. The highest BCUT2D eigenvalue weighted by atomic mass is 16.5. The van der Waals surface area contributed by atoms with E-state index in [4.69, 9.17) is 10.5 Å². The summed E-state index contributed by atoms with van der Waals surface area (Å²) in [6.45, 7) is 0. The van der Waals surface area contributed by atoms with E-state index >= 15 is 0 Å². The lowest BCUT2D eigenvalue weighted by atomic mass is 10.0. The van der Waals surface area contributed by atoms with Crippen LogP contribution in [0.3, 0.4) is 0 Å². The van der Waals surface area contributed by atoms with Gasteiger partial charge in [-0.25, -0.2) is 0 Å². The van der Waals surface area contributed by atoms with Crippen LogP contribution in [-0.4, -0.2) is 12.1 Å². The van der Waals surface area contributed by atoms with E-state index in [1.54, 1.807) is 0 Å². The minimum Gasteiger partial charge on any atom is -0.482 e. The number of fused-ring (bicyclic) bond motifs is 2. The summed E-state index contributed by atoms with van der Waals surface area (Å²) in [4.78, 5) is 0. The van der Waals surface area contributed by atoms with Crippen molar-refractivity contribution in [3.63, 3.8) is 0 Å². The van der Waals surface area contributed by atoms with Crippen LogP contribution in [0.2, 0.25) is 0 Å². The summed E-state index contributed by atoms with van der Waals surface area (Å²) in [6.07, 6.45) is 5.89. The van der Waals surface area contributed by atoms with Gasteiger partial charge in [-0.3, -0.25) is 0 Å². The second-order valence-electron chi connectivity index (χ2n) is 3.77. The largest absolute Gasteiger partial charge is 0.482 e. The molecule has 0 radical (unpaired) electrons. The van der Waals surface area contributed by atoms with Gasteiger partial charge < -0.3 is 15.8 Å². The number of anilines is 1. The van der Waals surface area contributed by atoms with Gasteiger partial charge in [0.1, 0.15) is 11.9 Å². The number of nitrogens with one attached hydrogen (secondary N) is 1. The average Bonchev–Trinajstić information content (AvgIpc) is 2.26. The van der Waals surface area contributed by atoms with E-state index in [1.807, 2.05) is 42.5 Å². The lowest BCUT2D eigenvalue weighted by molar-refractivity contribution is 0.228. The summed E-state index contributed by atoms with van der Waals surface area (Å²) in [7, 11) is 0. The summed E-state index contributed by atoms with van der Waals surface area (Å²) in [5, 5.41) is 3.41. The molecule has 15 heavy (non-hydrogen) atoms. The highest BCUT2D eigenvalue weighted by Gasteiger charge is 2.27. The molecule has 0 aromatic heterocycles. The van der Waals surface area contributed by atoms with Gasteiger partial charge in [0.25, 0.3) is 0 Å². The van der Waals surface area contributed by atoms with Crippen LogP contribution in [-0.2, 0) is 0 Å². The molecule has 3 heteroatoms. The summed E-state index contributed by atoms with van der Waals surface area (Å²) >= 11 is 0. The van der Waals surface area contributed by atoms with Crippen molar-refractivity contribution in [2.24, 2.45) is 5.73 Å². The summed E-state index contributed by atoms with van der Waals surface area (Å²) in [5.41, 5.74) is 7.53. The number of nitrogens with two attached hydrogens (primary N) is 1. The van der Waals surface area contributed by atoms with Crippen LogP contribution >= 0.6 is 0 Å². The maximum absolute atomic E-state index is 5.84. The fraction of sp³-hybridized carbons (Fsp3) is 0.167. The highest BCUT2D eigenvalue weighted by Crippen LogP contribution is 2.32. The van der Waals surface area contributed by atoms with Crippen molar-refractivity contribution in [2.75, 3.05) is 5.32 Å². The van der Waals surface area contributed by atoms with E-state index in [1.165, 1.54) is 0 Å². The normalized spacial score (nSPS) is 26.8. The smallest absolute Gasteiger partial charge is 0.143 e. The zero-order chi connectivity index (χ0) is 10.3. The first-order chi connectivity index (χ1) is 7.33. The van der Waals surface area contributed by atoms with E-state index in [0.29, 0.717) is 0 Å². The first-order valence-electron chi connectivity index (χ1n) is 5.01. The molecule has 3 rings (SSSR count). The number of hydrogen-bond acceptors (Lipinski definition) is 3. The first-order valence-corrected chi connectivity index (χ1v) is 5.01.